The summed E-state index contributed by atoms with van der Waals surface area (Å²) in [4.78, 5) is 15.1. The lowest BCUT2D eigenvalue weighted by molar-refractivity contribution is -0.137. The minimum absolute atomic E-state index is 0.0595. The lowest BCUT2D eigenvalue weighted by atomic mass is 9.96. The molecule has 1 atom stereocenters. The monoisotopic (exact) mass is 311 g/mol. The smallest absolute Gasteiger partial charge is 0.304 e. The molecule has 0 bridgehead atoms. The number of hydrogen-bond acceptors (Lipinski definition) is 3. The first-order chi connectivity index (χ1) is 8.16. The fraction of sp³-hybridized carbons (Fsp3) is 0.167. The molecule has 0 aliphatic carbocycles. The second-order valence-electron chi connectivity index (χ2n) is 3.58. The van der Waals surface area contributed by atoms with Gasteiger partial charge in [-0.2, -0.15) is 0 Å². The topological polar surface area (TPSA) is 50.2 Å². The van der Waals surface area contributed by atoms with Crippen molar-refractivity contribution in [2.45, 2.75) is 12.3 Å². The van der Waals surface area contributed by atoms with Crippen LogP contribution in [0.5, 0.6) is 0 Å². The van der Waals surface area contributed by atoms with Crippen molar-refractivity contribution >= 4 is 33.2 Å². The van der Waals surface area contributed by atoms with Gasteiger partial charge in [0, 0.05) is 22.0 Å². The lowest BCUT2D eigenvalue weighted by Crippen LogP contribution is -2.07. The average Bonchev–Trinajstić information content (AvgIpc) is 2.79. The molecule has 2 aromatic rings. The van der Waals surface area contributed by atoms with Crippen LogP contribution < -0.4 is 0 Å². The highest BCUT2D eigenvalue weighted by atomic mass is 79.9. The summed E-state index contributed by atoms with van der Waals surface area (Å²) in [6.07, 6.45) is 1.76. The van der Waals surface area contributed by atoms with Crippen molar-refractivity contribution in [3.63, 3.8) is 0 Å². The second kappa shape index (κ2) is 5.42. The zero-order valence-electron chi connectivity index (χ0n) is 8.84. The number of aliphatic carboxylic acids is 1. The Morgan fingerprint density at radius 1 is 1.53 bits per heavy atom. The van der Waals surface area contributed by atoms with Gasteiger partial charge in [-0.25, -0.2) is 4.98 Å². The first-order valence-corrected chi connectivity index (χ1v) is 6.70. The van der Waals surface area contributed by atoms with Gasteiger partial charge in [-0.05, 0) is 17.7 Å². The summed E-state index contributed by atoms with van der Waals surface area (Å²) in [5.74, 6) is -0.991. The van der Waals surface area contributed by atoms with E-state index in [0.29, 0.717) is 0 Å². The Kier molecular flexibility index (Phi) is 3.91. The zero-order chi connectivity index (χ0) is 12.3. The number of benzene rings is 1. The van der Waals surface area contributed by atoms with Crippen LogP contribution in [0.25, 0.3) is 0 Å². The lowest BCUT2D eigenvalue weighted by Gasteiger charge is -2.12. The molecule has 0 amide bonds. The number of nitrogens with zero attached hydrogens (tertiary/aromatic N) is 1. The Morgan fingerprint density at radius 2 is 2.35 bits per heavy atom. The van der Waals surface area contributed by atoms with E-state index >= 15 is 0 Å². The molecule has 0 aliphatic heterocycles. The molecule has 5 heteroatoms. The van der Waals surface area contributed by atoms with E-state index in [1.165, 1.54) is 11.3 Å². The van der Waals surface area contributed by atoms with Crippen LogP contribution in [0.2, 0.25) is 0 Å². The first kappa shape index (κ1) is 12.3. The Bertz CT molecular complexity index is 513. The van der Waals surface area contributed by atoms with E-state index in [1.54, 1.807) is 6.20 Å². The molecule has 2 rings (SSSR count). The number of aromatic nitrogens is 1. The van der Waals surface area contributed by atoms with E-state index in [1.807, 2.05) is 29.6 Å². The van der Waals surface area contributed by atoms with Gasteiger partial charge in [0.15, 0.2) is 0 Å². The van der Waals surface area contributed by atoms with Crippen molar-refractivity contribution in [1.82, 2.24) is 4.98 Å². The molecule has 88 valence electrons. The third-order valence-corrected chi connectivity index (χ3v) is 3.76. The zero-order valence-corrected chi connectivity index (χ0v) is 11.2. The van der Waals surface area contributed by atoms with Crippen LogP contribution in [0.3, 0.4) is 0 Å². The maximum absolute atomic E-state index is 10.9. The van der Waals surface area contributed by atoms with Gasteiger partial charge in [0.25, 0.3) is 0 Å². The molecule has 0 radical (unpaired) electrons. The summed E-state index contributed by atoms with van der Waals surface area (Å²) < 4.78 is 0.946. The minimum atomic E-state index is -0.815. The van der Waals surface area contributed by atoms with E-state index in [2.05, 4.69) is 20.9 Å². The van der Waals surface area contributed by atoms with Gasteiger partial charge in [0.2, 0.25) is 0 Å². The van der Waals surface area contributed by atoms with Crippen LogP contribution in [0.1, 0.15) is 22.9 Å². The molecule has 0 fully saturated rings. The van der Waals surface area contributed by atoms with Crippen LogP contribution >= 0.6 is 27.3 Å². The molecule has 1 aromatic heterocycles. The molecule has 3 nitrogen and oxygen atoms in total. The predicted molar refractivity (Wildman–Crippen MR) is 70.4 cm³/mol. The molecule has 0 spiro atoms. The van der Waals surface area contributed by atoms with Crippen molar-refractivity contribution in [2.24, 2.45) is 0 Å². The van der Waals surface area contributed by atoms with E-state index in [9.17, 15) is 4.79 Å². The summed E-state index contributed by atoms with van der Waals surface area (Å²) in [6, 6.07) is 7.69. The Labute approximate surface area is 111 Å². The van der Waals surface area contributed by atoms with Gasteiger partial charge in [-0.1, -0.05) is 28.1 Å². The molecule has 1 heterocycles. The van der Waals surface area contributed by atoms with Crippen molar-refractivity contribution < 1.29 is 9.90 Å². The first-order valence-electron chi connectivity index (χ1n) is 5.03. The molecule has 17 heavy (non-hydrogen) atoms. The fourth-order valence-electron chi connectivity index (χ4n) is 1.65. The maximum Gasteiger partial charge on any atom is 0.304 e. The quantitative estimate of drug-likeness (QED) is 0.940. The molecule has 0 unspecified atom stereocenters. The second-order valence-corrected chi connectivity index (χ2v) is 5.42. The Balaban J connectivity index is 2.36. The molecule has 0 aliphatic rings. The fourth-order valence-corrected chi connectivity index (χ4v) is 2.84. The third kappa shape index (κ3) is 3.14. The van der Waals surface area contributed by atoms with Crippen LogP contribution in [-0.4, -0.2) is 16.1 Å². The number of carbonyl (C=O) groups is 1. The number of rotatable bonds is 4. The SMILES string of the molecule is O=C(O)C[C@H](c1cccc(Br)c1)c1nccs1. The summed E-state index contributed by atoms with van der Waals surface area (Å²) >= 11 is 4.88. The molecular formula is C12H10BrNO2S. The predicted octanol–water partition coefficient (Wildman–Crippen LogP) is 3.51. The average molecular weight is 312 g/mol. The summed E-state index contributed by atoms with van der Waals surface area (Å²) in [7, 11) is 0. The maximum atomic E-state index is 10.9. The van der Waals surface area contributed by atoms with Crippen molar-refractivity contribution in [3.8, 4) is 0 Å². The summed E-state index contributed by atoms with van der Waals surface area (Å²) in [5.41, 5.74) is 0.969. The highest BCUT2D eigenvalue weighted by molar-refractivity contribution is 9.10. The number of thiazole rings is 1. The largest absolute Gasteiger partial charge is 0.481 e. The van der Waals surface area contributed by atoms with Crippen molar-refractivity contribution in [2.75, 3.05) is 0 Å². The van der Waals surface area contributed by atoms with E-state index in [0.717, 1.165) is 15.0 Å². The number of halogens is 1. The highest BCUT2D eigenvalue weighted by Gasteiger charge is 2.20. The van der Waals surface area contributed by atoms with Crippen molar-refractivity contribution in [3.05, 3.63) is 50.9 Å². The standard InChI is InChI=1S/C12H10BrNO2S/c13-9-3-1-2-8(6-9)10(7-11(15)16)12-14-4-5-17-12/h1-6,10H,7H2,(H,15,16)/t10-/m1/s1. The van der Waals surface area contributed by atoms with Crippen LogP contribution in [-0.2, 0) is 4.79 Å². The third-order valence-electron chi connectivity index (χ3n) is 2.38. The van der Waals surface area contributed by atoms with Gasteiger partial charge in [0.05, 0.1) is 6.42 Å². The number of carboxylic acids is 1. The van der Waals surface area contributed by atoms with Crippen LogP contribution in [0.15, 0.2) is 40.3 Å². The normalized spacial score (nSPS) is 12.3. The summed E-state index contributed by atoms with van der Waals surface area (Å²) in [5, 5.41) is 11.7. The molecule has 1 N–H and O–H groups in total. The van der Waals surface area contributed by atoms with Gasteiger partial charge >= 0.3 is 5.97 Å². The van der Waals surface area contributed by atoms with Crippen LogP contribution in [0.4, 0.5) is 0 Å². The molecule has 0 saturated carbocycles. The molecule has 1 aromatic carbocycles. The van der Waals surface area contributed by atoms with Gasteiger partial charge < -0.3 is 5.11 Å². The van der Waals surface area contributed by atoms with E-state index < -0.39 is 5.97 Å². The molecular weight excluding hydrogens is 302 g/mol. The van der Waals surface area contributed by atoms with Crippen LogP contribution in [0, 0.1) is 0 Å². The van der Waals surface area contributed by atoms with Crippen molar-refractivity contribution in [1.29, 1.82) is 0 Å². The number of hydrogen-bond donors (Lipinski definition) is 1. The highest BCUT2D eigenvalue weighted by Crippen LogP contribution is 2.30. The van der Waals surface area contributed by atoms with Gasteiger partial charge in [-0.15, -0.1) is 11.3 Å². The van der Waals surface area contributed by atoms with E-state index in [-0.39, 0.29) is 12.3 Å². The minimum Gasteiger partial charge on any atom is -0.481 e. The summed E-state index contributed by atoms with van der Waals surface area (Å²) in [6.45, 7) is 0. The Morgan fingerprint density at radius 3 is 2.94 bits per heavy atom. The molecule has 0 saturated heterocycles. The number of carboxylic acid groups (broad SMARTS) is 1. The van der Waals surface area contributed by atoms with Gasteiger partial charge in [-0.3, -0.25) is 4.79 Å². The van der Waals surface area contributed by atoms with Gasteiger partial charge in [0.1, 0.15) is 5.01 Å². The van der Waals surface area contributed by atoms with E-state index in [4.69, 9.17) is 5.11 Å². The Hall–Kier alpha value is -1.20.